The third kappa shape index (κ3) is 3.19. The average Bonchev–Trinajstić information content (AvgIpc) is 2.46. The molecule has 1 N–H and O–H groups in total. The van der Waals surface area contributed by atoms with Gasteiger partial charge in [0.15, 0.2) is 11.5 Å². The molecule has 1 aliphatic rings. The Morgan fingerprint density at radius 2 is 1.89 bits per heavy atom. The molecule has 106 valence electrons. The van der Waals surface area contributed by atoms with Crippen LogP contribution in [0.2, 0.25) is 0 Å². The number of fused-ring (bicyclic) bond motifs is 1. The van der Waals surface area contributed by atoms with Gasteiger partial charge in [-0.05, 0) is 49.1 Å². The van der Waals surface area contributed by atoms with Crippen molar-refractivity contribution in [2.75, 3.05) is 34.5 Å². The quantitative estimate of drug-likeness (QED) is 0.801. The van der Waals surface area contributed by atoms with Gasteiger partial charge in [-0.2, -0.15) is 0 Å². The summed E-state index contributed by atoms with van der Waals surface area (Å²) in [5, 5.41) is 3.57. The van der Waals surface area contributed by atoms with Crippen LogP contribution < -0.4 is 14.8 Å². The van der Waals surface area contributed by atoms with E-state index >= 15 is 0 Å². The summed E-state index contributed by atoms with van der Waals surface area (Å²) in [4.78, 5) is 0. The van der Waals surface area contributed by atoms with Crippen LogP contribution in [0.25, 0.3) is 0 Å². The molecule has 1 aromatic rings. The lowest BCUT2D eigenvalue weighted by Gasteiger charge is -2.28. The van der Waals surface area contributed by atoms with Crippen molar-refractivity contribution >= 4 is 0 Å². The molecular formula is C15H23NO3. The Labute approximate surface area is 115 Å². The van der Waals surface area contributed by atoms with Gasteiger partial charge >= 0.3 is 0 Å². The Morgan fingerprint density at radius 3 is 2.58 bits per heavy atom. The molecule has 1 aliphatic heterocycles. The number of benzene rings is 1. The van der Waals surface area contributed by atoms with Gasteiger partial charge in [0.1, 0.15) is 0 Å². The largest absolute Gasteiger partial charge is 0.493 e. The van der Waals surface area contributed by atoms with Gasteiger partial charge in [0, 0.05) is 19.8 Å². The molecule has 0 aromatic heterocycles. The summed E-state index contributed by atoms with van der Waals surface area (Å²) in [7, 11) is 5.11. The highest BCUT2D eigenvalue weighted by molar-refractivity contribution is 5.49. The Morgan fingerprint density at radius 1 is 1.16 bits per heavy atom. The first kappa shape index (κ1) is 14.2. The topological polar surface area (TPSA) is 39.7 Å². The number of nitrogens with one attached hydrogen (secondary N) is 1. The molecule has 0 saturated heterocycles. The maximum atomic E-state index is 5.40. The molecule has 2 rings (SSSR count). The molecule has 0 aliphatic carbocycles. The molecule has 0 spiro atoms. The monoisotopic (exact) mass is 265 g/mol. The molecule has 1 atom stereocenters. The second-order valence-electron chi connectivity index (χ2n) is 4.80. The molecule has 0 bridgehead atoms. The molecular weight excluding hydrogens is 242 g/mol. The molecule has 1 heterocycles. The van der Waals surface area contributed by atoms with Crippen LogP contribution in [0.5, 0.6) is 11.5 Å². The van der Waals surface area contributed by atoms with Crippen LogP contribution in [0.3, 0.4) is 0 Å². The van der Waals surface area contributed by atoms with E-state index in [1.54, 1.807) is 21.3 Å². The number of methoxy groups -OCH3 is 3. The fourth-order valence-corrected chi connectivity index (χ4v) is 2.66. The zero-order valence-electron chi connectivity index (χ0n) is 12.0. The van der Waals surface area contributed by atoms with Gasteiger partial charge in [-0.15, -0.1) is 0 Å². The highest BCUT2D eigenvalue weighted by Gasteiger charge is 2.22. The third-order valence-corrected chi connectivity index (χ3v) is 3.65. The summed E-state index contributed by atoms with van der Waals surface area (Å²) < 4.78 is 15.9. The lowest BCUT2D eigenvalue weighted by molar-refractivity contribution is 0.188. The van der Waals surface area contributed by atoms with E-state index in [-0.39, 0.29) is 0 Å². The summed E-state index contributed by atoms with van der Waals surface area (Å²) in [5.74, 6) is 1.63. The summed E-state index contributed by atoms with van der Waals surface area (Å²) >= 11 is 0. The Balaban J connectivity index is 2.22. The van der Waals surface area contributed by atoms with Crippen LogP contribution in [0, 0.1) is 0 Å². The van der Waals surface area contributed by atoms with Gasteiger partial charge in [-0.25, -0.2) is 0 Å². The predicted molar refractivity (Wildman–Crippen MR) is 75.1 cm³/mol. The average molecular weight is 265 g/mol. The second kappa shape index (κ2) is 6.78. The van der Waals surface area contributed by atoms with Crippen LogP contribution >= 0.6 is 0 Å². The molecule has 0 radical (unpaired) electrons. The Kier molecular flexibility index (Phi) is 5.05. The van der Waals surface area contributed by atoms with Crippen LogP contribution in [-0.4, -0.2) is 34.5 Å². The third-order valence-electron chi connectivity index (χ3n) is 3.65. The molecule has 0 fully saturated rings. The number of ether oxygens (including phenoxy) is 3. The first-order chi connectivity index (χ1) is 9.30. The van der Waals surface area contributed by atoms with Crippen molar-refractivity contribution in [3.8, 4) is 11.5 Å². The van der Waals surface area contributed by atoms with Crippen molar-refractivity contribution in [2.45, 2.75) is 25.3 Å². The molecule has 19 heavy (non-hydrogen) atoms. The molecule has 0 saturated carbocycles. The van der Waals surface area contributed by atoms with Crippen molar-refractivity contribution in [3.63, 3.8) is 0 Å². The van der Waals surface area contributed by atoms with Crippen molar-refractivity contribution in [2.24, 2.45) is 0 Å². The summed E-state index contributed by atoms with van der Waals surface area (Å²) in [6, 6.07) is 4.61. The fourth-order valence-electron chi connectivity index (χ4n) is 2.66. The molecule has 0 amide bonds. The van der Waals surface area contributed by atoms with Gasteiger partial charge in [0.2, 0.25) is 0 Å². The van der Waals surface area contributed by atoms with Gasteiger partial charge in [-0.1, -0.05) is 0 Å². The fraction of sp³-hybridized carbons (Fsp3) is 0.600. The lowest BCUT2D eigenvalue weighted by atomic mass is 9.91. The van der Waals surface area contributed by atoms with E-state index in [1.165, 1.54) is 11.1 Å². The molecule has 1 aromatic carbocycles. The molecule has 4 nitrogen and oxygen atoms in total. The maximum absolute atomic E-state index is 5.40. The lowest BCUT2D eigenvalue weighted by Crippen LogP contribution is -2.30. The van der Waals surface area contributed by atoms with Gasteiger partial charge in [0.05, 0.1) is 14.2 Å². The SMILES string of the molecule is COCCCC1NCCc2cc(OC)c(OC)cc21. The van der Waals surface area contributed by atoms with Crippen molar-refractivity contribution in [1.82, 2.24) is 5.32 Å². The molecule has 1 unspecified atom stereocenters. The van der Waals surface area contributed by atoms with Crippen LogP contribution in [0.1, 0.15) is 30.0 Å². The summed E-state index contributed by atoms with van der Waals surface area (Å²) in [5.41, 5.74) is 2.69. The minimum absolute atomic E-state index is 0.388. The summed E-state index contributed by atoms with van der Waals surface area (Å²) in [6.07, 6.45) is 3.18. The van der Waals surface area contributed by atoms with E-state index in [0.29, 0.717) is 6.04 Å². The first-order valence-corrected chi connectivity index (χ1v) is 6.77. The van der Waals surface area contributed by atoms with Crippen molar-refractivity contribution < 1.29 is 14.2 Å². The second-order valence-corrected chi connectivity index (χ2v) is 4.80. The molecule has 4 heteroatoms. The van der Waals surface area contributed by atoms with Crippen LogP contribution in [-0.2, 0) is 11.2 Å². The predicted octanol–water partition coefficient (Wildman–Crippen LogP) is 2.32. The summed E-state index contributed by atoms with van der Waals surface area (Å²) in [6.45, 7) is 1.82. The van der Waals surface area contributed by atoms with Crippen LogP contribution in [0.15, 0.2) is 12.1 Å². The Hall–Kier alpha value is -1.26. The van der Waals surface area contributed by atoms with E-state index in [4.69, 9.17) is 14.2 Å². The van der Waals surface area contributed by atoms with E-state index in [9.17, 15) is 0 Å². The zero-order valence-corrected chi connectivity index (χ0v) is 12.0. The normalized spacial score (nSPS) is 17.9. The number of rotatable bonds is 6. The van der Waals surface area contributed by atoms with E-state index in [2.05, 4.69) is 17.4 Å². The smallest absolute Gasteiger partial charge is 0.161 e. The number of hydrogen-bond donors (Lipinski definition) is 1. The highest BCUT2D eigenvalue weighted by Crippen LogP contribution is 2.36. The van der Waals surface area contributed by atoms with Crippen molar-refractivity contribution in [1.29, 1.82) is 0 Å². The maximum Gasteiger partial charge on any atom is 0.161 e. The highest BCUT2D eigenvalue weighted by atomic mass is 16.5. The van der Waals surface area contributed by atoms with E-state index in [0.717, 1.165) is 43.9 Å². The van der Waals surface area contributed by atoms with E-state index < -0.39 is 0 Å². The minimum atomic E-state index is 0.388. The Bertz CT molecular complexity index is 420. The first-order valence-electron chi connectivity index (χ1n) is 6.77. The standard InChI is InChI=1S/C15H23NO3/c1-17-8-4-5-13-12-10-15(19-3)14(18-2)9-11(12)6-7-16-13/h9-10,13,16H,4-8H2,1-3H3. The van der Waals surface area contributed by atoms with Gasteiger partial charge in [-0.3, -0.25) is 0 Å². The van der Waals surface area contributed by atoms with Crippen LogP contribution in [0.4, 0.5) is 0 Å². The number of hydrogen-bond acceptors (Lipinski definition) is 4. The van der Waals surface area contributed by atoms with Gasteiger partial charge < -0.3 is 19.5 Å². The zero-order chi connectivity index (χ0) is 13.7. The van der Waals surface area contributed by atoms with E-state index in [1.807, 2.05) is 0 Å². The van der Waals surface area contributed by atoms with Gasteiger partial charge in [0.25, 0.3) is 0 Å². The van der Waals surface area contributed by atoms with Crippen molar-refractivity contribution in [3.05, 3.63) is 23.3 Å². The minimum Gasteiger partial charge on any atom is -0.493 e.